The Kier molecular flexibility index (Phi) is 7.41. The molecule has 3 atom stereocenters. The second kappa shape index (κ2) is 9.76. The molecule has 0 heterocycles. The molecule has 0 saturated carbocycles. The van der Waals surface area contributed by atoms with Crippen LogP contribution in [-0.2, 0) is 14.3 Å². The maximum absolute atomic E-state index is 12.6. The van der Waals surface area contributed by atoms with Crippen molar-refractivity contribution in [3.05, 3.63) is 59.7 Å². The first-order valence-corrected chi connectivity index (χ1v) is 9.09. The summed E-state index contributed by atoms with van der Waals surface area (Å²) < 4.78 is 10.4. The summed E-state index contributed by atoms with van der Waals surface area (Å²) in [6, 6.07) is 14.4. The Hall–Kier alpha value is -2.82. The molecular weight excluding hydrogens is 342 g/mol. The number of ether oxygens (including phenoxy) is 2. The molecule has 0 bridgehead atoms. The van der Waals surface area contributed by atoms with Crippen LogP contribution in [0.3, 0.4) is 0 Å². The van der Waals surface area contributed by atoms with Crippen LogP contribution in [0.2, 0.25) is 0 Å². The van der Waals surface area contributed by atoms with Crippen LogP contribution in [0.4, 0.5) is 5.69 Å². The number of aldehydes is 1. The van der Waals surface area contributed by atoms with Crippen LogP contribution >= 0.6 is 0 Å². The van der Waals surface area contributed by atoms with Gasteiger partial charge < -0.3 is 19.6 Å². The number of anilines is 1. The number of hydrogen-bond acceptors (Lipinski definition) is 5. The van der Waals surface area contributed by atoms with E-state index in [-0.39, 0.29) is 12.5 Å². The van der Waals surface area contributed by atoms with E-state index in [0.29, 0.717) is 5.75 Å². The summed E-state index contributed by atoms with van der Waals surface area (Å²) in [7, 11) is 1.59. The normalized spacial score (nSPS) is 13.9. The van der Waals surface area contributed by atoms with Crippen molar-refractivity contribution in [2.75, 3.05) is 19.0 Å². The van der Waals surface area contributed by atoms with Gasteiger partial charge in [0.1, 0.15) is 18.1 Å². The first-order valence-electron chi connectivity index (χ1n) is 9.09. The number of nitrogens with one attached hydrogen (secondary N) is 1. The van der Waals surface area contributed by atoms with Crippen LogP contribution in [0, 0.1) is 12.8 Å². The highest BCUT2D eigenvalue weighted by atomic mass is 16.5. The third kappa shape index (κ3) is 5.33. The van der Waals surface area contributed by atoms with Gasteiger partial charge in [0.2, 0.25) is 0 Å². The monoisotopic (exact) mass is 369 g/mol. The molecule has 0 radical (unpaired) electrons. The van der Waals surface area contributed by atoms with Crippen molar-refractivity contribution >= 4 is 17.9 Å². The molecule has 0 unspecified atom stereocenters. The van der Waals surface area contributed by atoms with E-state index < -0.39 is 17.9 Å². The molecule has 0 amide bonds. The minimum atomic E-state index is -0.785. The SMILES string of the molecule is CCOC(=O)[C@@H](Nc1ccc(OC)cc1)[C@H](C=O)[C@@H](C)c1ccc(C)cc1. The molecule has 0 aliphatic carbocycles. The molecule has 5 nitrogen and oxygen atoms in total. The van der Waals surface area contributed by atoms with Gasteiger partial charge in [-0.3, -0.25) is 0 Å². The molecule has 2 rings (SSSR count). The summed E-state index contributed by atoms with van der Waals surface area (Å²) in [5, 5.41) is 3.17. The lowest BCUT2D eigenvalue weighted by Gasteiger charge is -2.28. The van der Waals surface area contributed by atoms with E-state index in [1.165, 1.54) is 0 Å². The summed E-state index contributed by atoms with van der Waals surface area (Å²) >= 11 is 0. The third-order valence-corrected chi connectivity index (χ3v) is 4.68. The summed E-state index contributed by atoms with van der Waals surface area (Å²) in [5.41, 5.74) is 2.87. The molecule has 0 aliphatic heterocycles. The highest BCUT2D eigenvalue weighted by Crippen LogP contribution is 2.28. The van der Waals surface area contributed by atoms with Gasteiger partial charge in [0.15, 0.2) is 0 Å². The van der Waals surface area contributed by atoms with Crippen molar-refractivity contribution in [2.45, 2.75) is 32.7 Å². The predicted octanol–water partition coefficient (Wildman–Crippen LogP) is 3.97. The van der Waals surface area contributed by atoms with E-state index >= 15 is 0 Å². The van der Waals surface area contributed by atoms with Crippen LogP contribution in [0.15, 0.2) is 48.5 Å². The fraction of sp³-hybridized carbons (Fsp3) is 0.364. The quantitative estimate of drug-likeness (QED) is 0.535. The van der Waals surface area contributed by atoms with Crippen LogP contribution < -0.4 is 10.1 Å². The number of aryl methyl sites for hydroxylation is 1. The Morgan fingerprint density at radius 3 is 2.26 bits per heavy atom. The van der Waals surface area contributed by atoms with E-state index in [1.807, 2.05) is 50.2 Å². The maximum atomic E-state index is 12.6. The van der Waals surface area contributed by atoms with E-state index in [1.54, 1.807) is 26.2 Å². The van der Waals surface area contributed by atoms with E-state index in [9.17, 15) is 9.59 Å². The molecule has 0 saturated heterocycles. The van der Waals surface area contributed by atoms with Gasteiger partial charge in [-0.15, -0.1) is 0 Å². The van der Waals surface area contributed by atoms with Gasteiger partial charge in [0, 0.05) is 5.69 Å². The minimum Gasteiger partial charge on any atom is -0.497 e. The van der Waals surface area contributed by atoms with Crippen LogP contribution in [-0.4, -0.2) is 32.0 Å². The Bertz CT molecular complexity index is 740. The first kappa shape index (κ1) is 20.5. The number of esters is 1. The molecule has 0 fully saturated rings. The van der Waals surface area contributed by atoms with Gasteiger partial charge >= 0.3 is 5.97 Å². The standard InChI is InChI=1S/C22H27NO4/c1-5-27-22(25)21(23-18-10-12-19(26-4)13-11-18)20(14-24)16(3)17-8-6-15(2)7-9-17/h6-14,16,20-21,23H,5H2,1-4H3/t16-,20+,21-/m0/s1. The maximum Gasteiger partial charge on any atom is 0.329 e. The summed E-state index contributed by atoms with van der Waals surface area (Å²) in [5.74, 6) is -0.449. The summed E-state index contributed by atoms with van der Waals surface area (Å²) in [6.07, 6.45) is 0.836. The molecule has 0 aromatic heterocycles. The fourth-order valence-corrected chi connectivity index (χ4v) is 2.99. The Morgan fingerprint density at radius 2 is 1.74 bits per heavy atom. The lowest BCUT2D eigenvalue weighted by Crippen LogP contribution is -2.41. The number of carbonyl (C=O) groups excluding carboxylic acids is 2. The predicted molar refractivity (Wildman–Crippen MR) is 106 cm³/mol. The van der Waals surface area contributed by atoms with Crippen molar-refractivity contribution in [3.8, 4) is 5.75 Å². The lowest BCUT2D eigenvalue weighted by atomic mass is 9.83. The number of carbonyl (C=O) groups is 2. The number of methoxy groups -OCH3 is 1. The van der Waals surface area contributed by atoms with Crippen LogP contribution in [0.25, 0.3) is 0 Å². The Morgan fingerprint density at radius 1 is 1.11 bits per heavy atom. The fourth-order valence-electron chi connectivity index (χ4n) is 2.99. The molecular formula is C22H27NO4. The zero-order valence-electron chi connectivity index (χ0n) is 16.3. The Balaban J connectivity index is 2.29. The highest BCUT2D eigenvalue weighted by Gasteiger charge is 2.34. The minimum absolute atomic E-state index is 0.150. The van der Waals surface area contributed by atoms with Crippen molar-refractivity contribution < 1.29 is 19.1 Å². The van der Waals surface area contributed by atoms with E-state index in [4.69, 9.17) is 9.47 Å². The average Bonchev–Trinajstić information content (AvgIpc) is 2.69. The van der Waals surface area contributed by atoms with Gasteiger partial charge in [-0.05, 0) is 49.6 Å². The third-order valence-electron chi connectivity index (χ3n) is 4.68. The molecule has 2 aromatic carbocycles. The second-order valence-corrected chi connectivity index (χ2v) is 6.52. The zero-order valence-corrected chi connectivity index (χ0v) is 16.3. The van der Waals surface area contributed by atoms with Crippen LogP contribution in [0.1, 0.15) is 30.9 Å². The molecule has 2 aromatic rings. The molecule has 0 aliphatic rings. The molecule has 27 heavy (non-hydrogen) atoms. The molecule has 0 spiro atoms. The number of rotatable bonds is 9. The Labute approximate surface area is 160 Å². The van der Waals surface area contributed by atoms with Gasteiger partial charge in [0.25, 0.3) is 0 Å². The number of hydrogen-bond donors (Lipinski definition) is 1. The molecule has 144 valence electrons. The van der Waals surface area contributed by atoms with Gasteiger partial charge in [-0.1, -0.05) is 36.8 Å². The second-order valence-electron chi connectivity index (χ2n) is 6.52. The van der Waals surface area contributed by atoms with Crippen molar-refractivity contribution in [2.24, 2.45) is 5.92 Å². The van der Waals surface area contributed by atoms with E-state index in [0.717, 1.165) is 23.1 Å². The number of benzene rings is 2. The first-order chi connectivity index (χ1) is 13.0. The average molecular weight is 369 g/mol. The van der Waals surface area contributed by atoms with Crippen molar-refractivity contribution in [3.63, 3.8) is 0 Å². The largest absolute Gasteiger partial charge is 0.497 e. The van der Waals surface area contributed by atoms with Crippen molar-refractivity contribution in [1.82, 2.24) is 0 Å². The van der Waals surface area contributed by atoms with Gasteiger partial charge in [-0.2, -0.15) is 0 Å². The summed E-state index contributed by atoms with van der Waals surface area (Å²) in [4.78, 5) is 24.6. The summed E-state index contributed by atoms with van der Waals surface area (Å²) in [6.45, 7) is 5.97. The highest BCUT2D eigenvalue weighted by molar-refractivity contribution is 5.84. The topological polar surface area (TPSA) is 64.6 Å². The van der Waals surface area contributed by atoms with Gasteiger partial charge in [-0.25, -0.2) is 4.79 Å². The van der Waals surface area contributed by atoms with E-state index in [2.05, 4.69) is 5.32 Å². The molecule has 5 heteroatoms. The van der Waals surface area contributed by atoms with Crippen LogP contribution in [0.5, 0.6) is 5.75 Å². The van der Waals surface area contributed by atoms with Crippen molar-refractivity contribution in [1.29, 1.82) is 0 Å². The smallest absolute Gasteiger partial charge is 0.329 e. The lowest BCUT2D eigenvalue weighted by molar-refractivity contribution is -0.146. The molecule has 1 N–H and O–H groups in total. The van der Waals surface area contributed by atoms with Gasteiger partial charge in [0.05, 0.1) is 19.6 Å². The zero-order chi connectivity index (χ0) is 19.8.